The third-order valence-corrected chi connectivity index (χ3v) is 4.60. The van der Waals surface area contributed by atoms with Crippen LogP contribution in [0.25, 0.3) is 0 Å². The summed E-state index contributed by atoms with van der Waals surface area (Å²) in [6, 6.07) is 21.5. The Morgan fingerprint density at radius 2 is 1.68 bits per heavy atom. The number of hydrogen-bond acceptors (Lipinski definition) is 4. The summed E-state index contributed by atoms with van der Waals surface area (Å²) < 4.78 is 16.9. The molecule has 0 saturated heterocycles. The van der Waals surface area contributed by atoms with E-state index in [1.807, 2.05) is 73.7 Å². The summed E-state index contributed by atoms with van der Waals surface area (Å²) in [6.07, 6.45) is 0. The van der Waals surface area contributed by atoms with Crippen molar-refractivity contribution >= 4 is 17.3 Å². The molecule has 0 spiro atoms. The molecule has 3 rings (SSSR count). The largest absolute Gasteiger partial charge is 0.497 e. The van der Waals surface area contributed by atoms with Gasteiger partial charge in [0.2, 0.25) is 0 Å². The molecular weight excluding hydrogens is 374 g/mol. The molecule has 0 saturated carbocycles. The molecule has 3 aromatic carbocycles. The maximum atomic E-state index is 6.21. The van der Waals surface area contributed by atoms with Crippen molar-refractivity contribution in [1.29, 1.82) is 0 Å². The average molecular weight is 398 g/mol. The summed E-state index contributed by atoms with van der Waals surface area (Å²) in [5.74, 6) is 2.27. The molecule has 0 unspecified atom stereocenters. The fourth-order valence-corrected chi connectivity index (χ4v) is 2.92. The summed E-state index contributed by atoms with van der Waals surface area (Å²) in [7, 11) is 1.66. The van der Waals surface area contributed by atoms with Gasteiger partial charge in [0.25, 0.3) is 0 Å². The molecule has 0 aliphatic heterocycles. The predicted octanol–water partition coefficient (Wildman–Crippen LogP) is 5.94. The SMILES string of the molecule is CCOc1cc(CNc2ccc(OC)cc2)ccc1OCc1ccccc1Cl. The minimum Gasteiger partial charge on any atom is -0.497 e. The van der Waals surface area contributed by atoms with Gasteiger partial charge in [-0.25, -0.2) is 0 Å². The molecule has 0 aromatic heterocycles. The molecular formula is C23H24ClNO3. The number of rotatable bonds is 9. The van der Waals surface area contributed by atoms with Gasteiger partial charge in [0.05, 0.1) is 13.7 Å². The Morgan fingerprint density at radius 1 is 0.893 bits per heavy atom. The van der Waals surface area contributed by atoms with Crippen LogP contribution in [0.5, 0.6) is 17.2 Å². The van der Waals surface area contributed by atoms with E-state index >= 15 is 0 Å². The fourth-order valence-electron chi connectivity index (χ4n) is 2.73. The van der Waals surface area contributed by atoms with Crippen LogP contribution in [0.2, 0.25) is 5.02 Å². The first-order valence-corrected chi connectivity index (χ1v) is 9.57. The maximum Gasteiger partial charge on any atom is 0.161 e. The van der Waals surface area contributed by atoms with Crippen molar-refractivity contribution in [3.8, 4) is 17.2 Å². The van der Waals surface area contributed by atoms with E-state index in [0.29, 0.717) is 30.5 Å². The fraction of sp³-hybridized carbons (Fsp3) is 0.217. The quantitative estimate of drug-likeness (QED) is 0.485. The first-order valence-electron chi connectivity index (χ1n) is 9.19. The molecule has 4 nitrogen and oxygen atoms in total. The van der Waals surface area contributed by atoms with Crippen molar-refractivity contribution in [1.82, 2.24) is 0 Å². The van der Waals surface area contributed by atoms with Crippen LogP contribution in [0, 0.1) is 0 Å². The topological polar surface area (TPSA) is 39.7 Å². The van der Waals surface area contributed by atoms with E-state index in [1.165, 1.54) is 0 Å². The number of methoxy groups -OCH3 is 1. The molecule has 5 heteroatoms. The van der Waals surface area contributed by atoms with Gasteiger partial charge in [-0.05, 0) is 55.0 Å². The van der Waals surface area contributed by atoms with Crippen LogP contribution < -0.4 is 19.5 Å². The van der Waals surface area contributed by atoms with E-state index in [2.05, 4.69) is 5.32 Å². The summed E-state index contributed by atoms with van der Waals surface area (Å²) in [5.41, 5.74) is 3.07. The van der Waals surface area contributed by atoms with Crippen LogP contribution in [0.4, 0.5) is 5.69 Å². The van der Waals surface area contributed by atoms with Gasteiger partial charge in [-0.15, -0.1) is 0 Å². The predicted molar refractivity (Wildman–Crippen MR) is 114 cm³/mol. The molecule has 0 bridgehead atoms. The molecule has 1 N–H and O–H groups in total. The lowest BCUT2D eigenvalue weighted by Gasteiger charge is -2.15. The molecule has 0 aliphatic carbocycles. The Morgan fingerprint density at radius 3 is 2.39 bits per heavy atom. The molecule has 0 fully saturated rings. The highest BCUT2D eigenvalue weighted by atomic mass is 35.5. The number of halogens is 1. The second kappa shape index (κ2) is 9.90. The average Bonchev–Trinajstić information content (AvgIpc) is 2.73. The lowest BCUT2D eigenvalue weighted by atomic mass is 10.2. The van der Waals surface area contributed by atoms with Gasteiger partial charge in [0.15, 0.2) is 11.5 Å². The van der Waals surface area contributed by atoms with E-state index in [-0.39, 0.29) is 0 Å². The number of anilines is 1. The molecule has 0 heterocycles. The highest BCUT2D eigenvalue weighted by Gasteiger charge is 2.08. The molecule has 0 atom stereocenters. The molecule has 0 aliphatic rings. The zero-order chi connectivity index (χ0) is 19.8. The normalized spacial score (nSPS) is 10.4. The highest BCUT2D eigenvalue weighted by Crippen LogP contribution is 2.30. The Kier molecular flexibility index (Phi) is 7.04. The van der Waals surface area contributed by atoms with Gasteiger partial charge >= 0.3 is 0 Å². The highest BCUT2D eigenvalue weighted by molar-refractivity contribution is 6.31. The summed E-state index contributed by atoms with van der Waals surface area (Å²) in [6.45, 7) is 3.60. The minimum absolute atomic E-state index is 0.392. The van der Waals surface area contributed by atoms with Crippen LogP contribution >= 0.6 is 11.6 Å². The lowest BCUT2D eigenvalue weighted by Crippen LogP contribution is -2.03. The zero-order valence-electron chi connectivity index (χ0n) is 16.1. The smallest absolute Gasteiger partial charge is 0.161 e. The summed E-state index contributed by atoms with van der Waals surface area (Å²) in [4.78, 5) is 0. The number of hydrogen-bond donors (Lipinski definition) is 1. The molecule has 28 heavy (non-hydrogen) atoms. The lowest BCUT2D eigenvalue weighted by molar-refractivity contribution is 0.269. The van der Waals surface area contributed by atoms with E-state index in [9.17, 15) is 0 Å². The first kappa shape index (κ1) is 19.9. The van der Waals surface area contributed by atoms with Crippen LogP contribution in [0.15, 0.2) is 66.7 Å². The Labute approximate surface area is 171 Å². The van der Waals surface area contributed by atoms with Crippen molar-refractivity contribution < 1.29 is 14.2 Å². The Balaban J connectivity index is 1.66. The number of nitrogens with one attached hydrogen (secondary N) is 1. The maximum absolute atomic E-state index is 6.21. The second-order valence-electron chi connectivity index (χ2n) is 6.18. The van der Waals surface area contributed by atoms with Crippen LogP contribution in [-0.2, 0) is 13.2 Å². The number of ether oxygens (including phenoxy) is 3. The van der Waals surface area contributed by atoms with Crippen molar-refractivity contribution in [3.05, 3.63) is 82.9 Å². The van der Waals surface area contributed by atoms with Gasteiger partial charge in [0, 0.05) is 22.8 Å². The first-order chi connectivity index (χ1) is 13.7. The third kappa shape index (κ3) is 5.33. The van der Waals surface area contributed by atoms with Crippen molar-refractivity contribution in [2.75, 3.05) is 19.0 Å². The van der Waals surface area contributed by atoms with Gasteiger partial charge in [0.1, 0.15) is 12.4 Å². The second-order valence-corrected chi connectivity index (χ2v) is 6.58. The van der Waals surface area contributed by atoms with E-state index in [0.717, 1.165) is 28.3 Å². The zero-order valence-corrected chi connectivity index (χ0v) is 16.8. The van der Waals surface area contributed by atoms with Crippen LogP contribution in [0.1, 0.15) is 18.1 Å². The monoisotopic (exact) mass is 397 g/mol. The molecule has 0 amide bonds. The molecule has 0 radical (unpaired) electrons. The van der Waals surface area contributed by atoms with Crippen molar-refractivity contribution in [2.45, 2.75) is 20.1 Å². The van der Waals surface area contributed by atoms with Gasteiger partial charge < -0.3 is 19.5 Å². The summed E-state index contributed by atoms with van der Waals surface area (Å²) in [5, 5.41) is 4.09. The van der Waals surface area contributed by atoms with Crippen LogP contribution in [-0.4, -0.2) is 13.7 Å². The Bertz CT molecular complexity index is 897. The van der Waals surface area contributed by atoms with Gasteiger partial charge in [-0.3, -0.25) is 0 Å². The van der Waals surface area contributed by atoms with Gasteiger partial charge in [-0.2, -0.15) is 0 Å². The third-order valence-electron chi connectivity index (χ3n) is 4.24. The van der Waals surface area contributed by atoms with Crippen LogP contribution in [0.3, 0.4) is 0 Å². The van der Waals surface area contributed by atoms with E-state index in [1.54, 1.807) is 7.11 Å². The summed E-state index contributed by atoms with van der Waals surface area (Å²) >= 11 is 6.21. The number of benzene rings is 3. The van der Waals surface area contributed by atoms with Crippen molar-refractivity contribution in [3.63, 3.8) is 0 Å². The Hall–Kier alpha value is -2.85. The molecule has 3 aromatic rings. The van der Waals surface area contributed by atoms with Crippen molar-refractivity contribution in [2.24, 2.45) is 0 Å². The van der Waals surface area contributed by atoms with E-state index in [4.69, 9.17) is 25.8 Å². The minimum atomic E-state index is 0.392. The van der Waals surface area contributed by atoms with Gasteiger partial charge in [-0.1, -0.05) is 35.9 Å². The standard InChI is InChI=1S/C23H24ClNO3/c1-3-27-23-14-17(15-25-19-9-11-20(26-2)12-10-19)8-13-22(23)28-16-18-6-4-5-7-21(18)24/h4-14,25H,3,15-16H2,1-2H3. The molecule has 146 valence electrons. The van der Waals surface area contributed by atoms with E-state index < -0.39 is 0 Å².